The molecule has 0 spiro atoms. The molecule has 1 saturated heterocycles. The maximum atomic E-state index is 11.8. The number of hydrogen-bond donors (Lipinski definition) is 1. The van der Waals surface area contributed by atoms with Gasteiger partial charge in [-0.15, -0.1) is 0 Å². The molecule has 0 radical (unpaired) electrons. The molecule has 1 fully saturated rings. The van der Waals surface area contributed by atoms with Gasteiger partial charge in [0.25, 0.3) is 5.91 Å². The van der Waals surface area contributed by atoms with E-state index in [1.807, 2.05) is 31.2 Å². The van der Waals surface area contributed by atoms with Crippen LogP contribution < -0.4 is 10.1 Å². The molecule has 1 amide bonds. The van der Waals surface area contributed by atoms with Gasteiger partial charge in [0, 0.05) is 6.54 Å². The summed E-state index contributed by atoms with van der Waals surface area (Å²) in [5, 5.41) is 2.94. The number of aryl methyl sites for hydroxylation is 1. The molecule has 1 aromatic carbocycles. The third-order valence-corrected chi connectivity index (χ3v) is 4.12. The van der Waals surface area contributed by atoms with Gasteiger partial charge in [-0.25, -0.2) is 0 Å². The molecular formula is C18H28N2O2. The van der Waals surface area contributed by atoms with Crippen LogP contribution in [-0.4, -0.2) is 43.6 Å². The van der Waals surface area contributed by atoms with E-state index in [1.54, 1.807) is 0 Å². The summed E-state index contributed by atoms with van der Waals surface area (Å²) in [6, 6.07) is 7.75. The average Bonchev–Trinajstić information content (AvgIpc) is 2.79. The smallest absolute Gasteiger partial charge is 0.257 e. The Hall–Kier alpha value is -1.55. The fourth-order valence-corrected chi connectivity index (χ4v) is 2.80. The van der Waals surface area contributed by atoms with Crippen molar-refractivity contribution in [2.75, 3.05) is 32.8 Å². The predicted molar refractivity (Wildman–Crippen MR) is 89.2 cm³/mol. The number of ether oxygens (including phenoxy) is 1. The van der Waals surface area contributed by atoms with E-state index in [-0.39, 0.29) is 12.5 Å². The number of hydrogen-bond acceptors (Lipinski definition) is 3. The molecule has 0 unspecified atom stereocenters. The van der Waals surface area contributed by atoms with Crippen LogP contribution in [0, 0.1) is 6.92 Å². The van der Waals surface area contributed by atoms with Gasteiger partial charge < -0.3 is 15.0 Å². The summed E-state index contributed by atoms with van der Waals surface area (Å²) in [6.45, 7) is 6.31. The van der Waals surface area contributed by atoms with E-state index in [0.717, 1.165) is 30.8 Å². The lowest BCUT2D eigenvalue weighted by Gasteiger charge is -2.19. The third kappa shape index (κ3) is 6.06. The standard InChI is InChI=1S/C18H28N2O2/c1-16-9-4-5-10-17(16)22-15-18(21)19-11-8-14-20-12-6-2-3-7-13-20/h4-5,9-10H,2-3,6-8,11-15H2,1H3,(H,19,21). The summed E-state index contributed by atoms with van der Waals surface area (Å²) >= 11 is 0. The molecule has 122 valence electrons. The predicted octanol–water partition coefficient (Wildman–Crippen LogP) is 2.76. The molecule has 4 heteroatoms. The van der Waals surface area contributed by atoms with Crippen LogP contribution in [0.3, 0.4) is 0 Å². The Balaban J connectivity index is 1.57. The number of para-hydroxylation sites is 1. The normalized spacial score (nSPS) is 16.0. The maximum Gasteiger partial charge on any atom is 0.257 e. The summed E-state index contributed by atoms with van der Waals surface area (Å²) < 4.78 is 5.54. The van der Waals surface area contributed by atoms with Crippen LogP contribution in [0.25, 0.3) is 0 Å². The van der Waals surface area contributed by atoms with Crippen LogP contribution in [0.1, 0.15) is 37.7 Å². The fourth-order valence-electron chi connectivity index (χ4n) is 2.80. The molecule has 22 heavy (non-hydrogen) atoms. The number of rotatable bonds is 7. The molecule has 0 saturated carbocycles. The van der Waals surface area contributed by atoms with E-state index >= 15 is 0 Å². The van der Waals surface area contributed by atoms with E-state index in [2.05, 4.69) is 10.2 Å². The summed E-state index contributed by atoms with van der Waals surface area (Å²) in [5.74, 6) is 0.737. The van der Waals surface area contributed by atoms with Crippen LogP contribution in [-0.2, 0) is 4.79 Å². The van der Waals surface area contributed by atoms with E-state index < -0.39 is 0 Å². The summed E-state index contributed by atoms with van der Waals surface area (Å²) in [7, 11) is 0. The summed E-state index contributed by atoms with van der Waals surface area (Å²) in [5.41, 5.74) is 1.05. The largest absolute Gasteiger partial charge is 0.484 e. The highest BCUT2D eigenvalue weighted by molar-refractivity contribution is 5.77. The Morgan fingerprint density at radius 1 is 1.18 bits per heavy atom. The second-order valence-electron chi connectivity index (χ2n) is 6.01. The van der Waals surface area contributed by atoms with E-state index in [9.17, 15) is 4.79 Å². The lowest BCUT2D eigenvalue weighted by atomic mass is 10.2. The number of amides is 1. The molecule has 0 bridgehead atoms. The Labute approximate surface area is 133 Å². The molecule has 1 aromatic rings. The van der Waals surface area contributed by atoms with E-state index in [1.165, 1.54) is 38.8 Å². The van der Waals surface area contributed by atoms with Crippen molar-refractivity contribution in [2.45, 2.75) is 39.0 Å². The van der Waals surface area contributed by atoms with Crippen LogP contribution in [0.4, 0.5) is 0 Å². The van der Waals surface area contributed by atoms with Crippen molar-refractivity contribution in [3.8, 4) is 5.75 Å². The van der Waals surface area contributed by atoms with Gasteiger partial charge in [-0.2, -0.15) is 0 Å². The fraction of sp³-hybridized carbons (Fsp3) is 0.611. The van der Waals surface area contributed by atoms with E-state index in [0.29, 0.717) is 0 Å². The average molecular weight is 304 g/mol. The quantitative estimate of drug-likeness (QED) is 0.788. The molecule has 1 heterocycles. The van der Waals surface area contributed by atoms with Crippen molar-refractivity contribution in [2.24, 2.45) is 0 Å². The number of likely N-dealkylation sites (tertiary alicyclic amines) is 1. The Morgan fingerprint density at radius 2 is 1.91 bits per heavy atom. The van der Waals surface area contributed by atoms with Crippen LogP contribution in [0.15, 0.2) is 24.3 Å². The lowest BCUT2D eigenvalue weighted by molar-refractivity contribution is -0.123. The highest BCUT2D eigenvalue weighted by Gasteiger charge is 2.09. The first kappa shape index (κ1) is 16.8. The van der Waals surface area contributed by atoms with Gasteiger partial charge in [-0.3, -0.25) is 4.79 Å². The highest BCUT2D eigenvalue weighted by Crippen LogP contribution is 2.15. The second-order valence-corrected chi connectivity index (χ2v) is 6.01. The Bertz CT molecular complexity index is 454. The number of nitrogens with one attached hydrogen (secondary N) is 1. The minimum absolute atomic E-state index is 0.0425. The molecule has 0 atom stereocenters. The van der Waals surface area contributed by atoms with Gasteiger partial charge in [0.05, 0.1) is 0 Å². The number of nitrogens with zero attached hydrogens (tertiary/aromatic N) is 1. The molecule has 1 N–H and O–H groups in total. The van der Waals surface area contributed by atoms with Gasteiger partial charge in [0.1, 0.15) is 5.75 Å². The van der Waals surface area contributed by atoms with Gasteiger partial charge in [0.2, 0.25) is 0 Å². The first-order valence-corrected chi connectivity index (χ1v) is 8.43. The van der Waals surface area contributed by atoms with Gasteiger partial charge in [-0.05, 0) is 57.5 Å². The topological polar surface area (TPSA) is 41.6 Å². The van der Waals surface area contributed by atoms with E-state index in [4.69, 9.17) is 4.74 Å². The zero-order valence-corrected chi connectivity index (χ0v) is 13.6. The SMILES string of the molecule is Cc1ccccc1OCC(=O)NCCCN1CCCCCC1. The Morgan fingerprint density at radius 3 is 2.64 bits per heavy atom. The zero-order chi connectivity index (χ0) is 15.6. The van der Waals surface area contributed by atoms with Crippen LogP contribution in [0.2, 0.25) is 0 Å². The van der Waals surface area contributed by atoms with Crippen molar-refractivity contribution in [3.63, 3.8) is 0 Å². The highest BCUT2D eigenvalue weighted by atomic mass is 16.5. The summed E-state index contributed by atoms with van der Waals surface area (Å²) in [4.78, 5) is 14.3. The third-order valence-electron chi connectivity index (χ3n) is 4.12. The second kappa shape index (κ2) is 9.46. The number of carbonyl (C=O) groups excluding carboxylic acids is 1. The number of carbonyl (C=O) groups is 1. The molecule has 1 aliphatic rings. The van der Waals surface area contributed by atoms with Gasteiger partial charge >= 0.3 is 0 Å². The lowest BCUT2D eigenvalue weighted by Crippen LogP contribution is -2.33. The first-order valence-electron chi connectivity index (χ1n) is 8.43. The number of benzene rings is 1. The zero-order valence-electron chi connectivity index (χ0n) is 13.6. The van der Waals surface area contributed by atoms with Crippen LogP contribution in [0.5, 0.6) is 5.75 Å². The maximum absolute atomic E-state index is 11.8. The van der Waals surface area contributed by atoms with Crippen molar-refractivity contribution >= 4 is 5.91 Å². The molecule has 0 aliphatic carbocycles. The molecule has 4 nitrogen and oxygen atoms in total. The Kier molecular flexibility index (Phi) is 7.23. The molecule has 2 rings (SSSR count). The first-order chi connectivity index (χ1) is 10.8. The minimum Gasteiger partial charge on any atom is -0.484 e. The van der Waals surface area contributed by atoms with Crippen molar-refractivity contribution < 1.29 is 9.53 Å². The van der Waals surface area contributed by atoms with Crippen molar-refractivity contribution in [3.05, 3.63) is 29.8 Å². The minimum atomic E-state index is -0.0425. The summed E-state index contributed by atoms with van der Waals surface area (Å²) in [6.07, 6.45) is 6.37. The van der Waals surface area contributed by atoms with Crippen LogP contribution >= 0.6 is 0 Å². The molecule has 0 aromatic heterocycles. The van der Waals surface area contributed by atoms with Gasteiger partial charge in [-0.1, -0.05) is 31.0 Å². The molecule has 1 aliphatic heterocycles. The van der Waals surface area contributed by atoms with Gasteiger partial charge in [0.15, 0.2) is 6.61 Å². The molecular weight excluding hydrogens is 276 g/mol. The van der Waals surface area contributed by atoms with Crippen molar-refractivity contribution in [1.29, 1.82) is 0 Å². The monoisotopic (exact) mass is 304 g/mol. The van der Waals surface area contributed by atoms with Crippen molar-refractivity contribution in [1.82, 2.24) is 10.2 Å².